The third-order valence-electron chi connectivity index (χ3n) is 2.53. The van der Waals surface area contributed by atoms with Crippen LogP contribution in [0.1, 0.15) is 0 Å². The van der Waals surface area contributed by atoms with Crippen molar-refractivity contribution < 1.29 is 9.66 Å². The van der Waals surface area contributed by atoms with E-state index in [2.05, 4.69) is 15.0 Å². The number of hydrogen-bond acceptors (Lipinski definition) is 5. The van der Waals surface area contributed by atoms with E-state index in [-0.39, 0.29) is 17.6 Å². The van der Waals surface area contributed by atoms with Gasteiger partial charge in [-0.2, -0.15) is 0 Å². The fourth-order valence-electron chi connectivity index (χ4n) is 1.69. The van der Waals surface area contributed by atoms with Crippen molar-refractivity contribution >= 4 is 16.6 Å². The molecule has 3 rings (SSSR count). The number of para-hydroxylation sites is 1. The molecular weight excluding hydrogens is 248 g/mol. The number of pyridine rings is 1. The minimum atomic E-state index is -0.530. The minimum Gasteiger partial charge on any atom is -0.400 e. The maximum atomic E-state index is 11.0. The highest BCUT2D eigenvalue weighted by atomic mass is 16.6. The highest BCUT2D eigenvalue weighted by molar-refractivity contribution is 5.82. The molecule has 19 heavy (non-hydrogen) atoms. The van der Waals surface area contributed by atoms with Crippen LogP contribution in [-0.2, 0) is 0 Å². The zero-order valence-electron chi connectivity index (χ0n) is 9.61. The van der Waals surface area contributed by atoms with Crippen LogP contribution >= 0.6 is 0 Å². The molecule has 0 amide bonds. The predicted molar refractivity (Wildman–Crippen MR) is 67.1 cm³/mol. The van der Waals surface area contributed by atoms with Gasteiger partial charge in [0.05, 0.1) is 10.4 Å². The minimum absolute atomic E-state index is 0.0846. The molecule has 0 unspecified atom stereocenters. The second kappa shape index (κ2) is 4.37. The summed E-state index contributed by atoms with van der Waals surface area (Å²) in [6, 6.07) is 8.70. The van der Waals surface area contributed by atoms with Crippen LogP contribution in [0.15, 0.2) is 42.7 Å². The van der Waals surface area contributed by atoms with Gasteiger partial charge in [-0.25, -0.2) is 9.97 Å². The average Bonchev–Trinajstić information content (AvgIpc) is 2.90. The van der Waals surface area contributed by atoms with Crippen molar-refractivity contribution in [1.29, 1.82) is 0 Å². The van der Waals surface area contributed by atoms with E-state index in [0.717, 1.165) is 0 Å². The molecule has 0 spiro atoms. The van der Waals surface area contributed by atoms with Crippen LogP contribution in [0.5, 0.6) is 11.9 Å². The summed E-state index contributed by atoms with van der Waals surface area (Å²) in [6.45, 7) is 0. The maximum absolute atomic E-state index is 11.0. The number of H-pyrrole nitrogens is 1. The van der Waals surface area contributed by atoms with E-state index >= 15 is 0 Å². The Hall–Kier alpha value is -2.96. The molecule has 0 aliphatic rings. The second-order valence-corrected chi connectivity index (χ2v) is 3.76. The molecular formula is C12H8N4O3. The van der Waals surface area contributed by atoms with E-state index in [1.807, 2.05) is 0 Å². The fraction of sp³-hybridized carbons (Fsp3) is 0. The Morgan fingerprint density at radius 1 is 1.32 bits per heavy atom. The van der Waals surface area contributed by atoms with E-state index in [1.165, 1.54) is 12.3 Å². The van der Waals surface area contributed by atoms with Crippen LogP contribution in [0.25, 0.3) is 10.9 Å². The van der Waals surface area contributed by atoms with Crippen LogP contribution in [-0.4, -0.2) is 19.9 Å². The SMILES string of the molecule is O=[N+]([O-])c1cc2ccccc2nc1Oc1ncc[nH]1. The lowest BCUT2D eigenvalue weighted by Crippen LogP contribution is -1.97. The molecule has 1 aromatic carbocycles. The van der Waals surface area contributed by atoms with Crippen LogP contribution in [0.4, 0.5) is 5.69 Å². The lowest BCUT2D eigenvalue weighted by atomic mass is 10.2. The Bertz CT molecular complexity index is 740. The Balaban J connectivity index is 2.15. The third kappa shape index (κ3) is 2.08. The van der Waals surface area contributed by atoms with E-state index in [4.69, 9.17) is 4.74 Å². The van der Waals surface area contributed by atoms with Gasteiger partial charge >= 0.3 is 17.6 Å². The number of benzene rings is 1. The molecule has 0 aliphatic carbocycles. The largest absolute Gasteiger partial charge is 0.400 e. The summed E-state index contributed by atoms with van der Waals surface area (Å²) < 4.78 is 5.30. The van der Waals surface area contributed by atoms with Gasteiger partial charge in [0, 0.05) is 23.8 Å². The molecule has 3 aromatic rings. The third-order valence-corrected chi connectivity index (χ3v) is 2.53. The number of hydrogen-bond donors (Lipinski definition) is 1. The first-order valence-electron chi connectivity index (χ1n) is 5.45. The van der Waals surface area contributed by atoms with E-state index in [9.17, 15) is 10.1 Å². The van der Waals surface area contributed by atoms with Gasteiger partial charge in [-0.3, -0.25) is 10.1 Å². The van der Waals surface area contributed by atoms with E-state index in [1.54, 1.807) is 30.5 Å². The molecule has 7 heteroatoms. The second-order valence-electron chi connectivity index (χ2n) is 3.76. The first-order valence-corrected chi connectivity index (χ1v) is 5.45. The Morgan fingerprint density at radius 3 is 2.89 bits per heavy atom. The van der Waals surface area contributed by atoms with E-state index < -0.39 is 4.92 Å². The topological polar surface area (TPSA) is 93.9 Å². The number of imidazole rings is 1. The van der Waals surface area contributed by atoms with Gasteiger partial charge < -0.3 is 9.72 Å². The number of ether oxygens (including phenoxy) is 1. The highest BCUT2D eigenvalue weighted by Crippen LogP contribution is 2.31. The van der Waals surface area contributed by atoms with Crippen LogP contribution in [0.3, 0.4) is 0 Å². The van der Waals surface area contributed by atoms with Crippen LogP contribution in [0.2, 0.25) is 0 Å². The van der Waals surface area contributed by atoms with Gasteiger partial charge in [0.25, 0.3) is 0 Å². The zero-order valence-corrected chi connectivity index (χ0v) is 9.61. The predicted octanol–water partition coefficient (Wildman–Crippen LogP) is 2.66. The van der Waals surface area contributed by atoms with Gasteiger partial charge in [-0.05, 0) is 6.07 Å². The maximum Gasteiger partial charge on any atom is 0.332 e. The molecule has 0 radical (unpaired) electrons. The molecule has 94 valence electrons. The number of rotatable bonds is 3. The molecule has 0 aliphatic heterocycles. The number of nitro groups is 1. The first kappa shape index (κ1) is 11.1. The Morgan fingerprint density at radius 2 is 2.16 bits per heavy atom. The van der Waals surface area contributed by atoms with Crippen molar-refractivity contribution in [3.63, 3.8) is 0 Å². The van der Waals surface area contributed by atoms with Crippen molar-refractivity contribution in [2.45, 2.75) is 0 Å². The quantitative estimate of drug-likeness (QED) is 0.574. The van der Waals surface area contributed by atoms with Crippen molar-refractivity contribution in [2.75, 3.05) is 0 Å². The molecule has 1 N–H and O–H groups in total. The number of aromatic nitrogens is 3. The molecule has 0 saturated carbocycles. The summed E-state index contributed by atoms with van der Waals surface area (Å²) in [6.07, 6.45) is 3.05. The van der Waals surface area contributed by atoms with E-state index in [0.29, 0.717) is 10.9 Å². The number of aromatic amines is 1. The molecule has 0 bridgehead atoms. The smallest absolute Gasteiger partial charge is 0.332 e. The summed E-state index contributed by atoms with van der Waals surface area (Å²) in [5.41, 5.74) is 0.421. The lowest BCUT2D eigenvalue weighted by molar-refractivity contribution is -0.385. The van der Waals surface area contributed by atoms with Crippen molar-refractivity contribution in [2.24, 2.45) is 0 Å². The van der Waals surface area contributed by atoms with Crippen LogP contribution in [0, 0.1) is 10.1 Å². The number of nitrogens with one attached hydrogen (secondary N) is 1. The Labute approximate surface area is 107 Å². The summed E-state index contributed by atoms with van der Waals surface area (Å²) in [7, 11) is 0. The van der Waals surface area contributed by atoms with Gasteiger partial charge in [0.2, 0.25) is 0 Å². The zero-order chi connectivity index (χ0) is 13.2. The molecule has 2 heterocycles. The molecule has 0 saturated heterocycles. The van der Waals surface area contributed by atoms with Gasteiger partial charge in [0.1, 0.15) is 0 Å². The summed E-state index contributed by atoms with van der Waals surface area (Å²) in [5.74, 6) is -0.0846. The monoisotopic (exact) mass is 256 g/mol. The summed E-state index contributed by atoms with van der Waals surface area (Å²) in [5, 5.41) is 11.7. The number of fused-ring (bicyclic) bond motifs is 1. The molecule has 2 aromatic heterocycles. The lowest BCUT2D eigenvalue weighted by Gasteiger charge is -2.04. The van der Waals surface area contributed by atoms with Crippen molar-refractivity contribution in [3.05, 3.63) is 52.8 Å². The normalized spacial score (nSPS) is 10.5. The fourth-order valence-corrected chi connectivity index (χ4v) is 1.69. The first-order chi connectivity index (χ1) is 9.24. The van der Waals surface area contributed by atoms with Gasteiger partial charge in [-0.15, -0.1) is 0 Å². The average molecular weight is 256 g/mol. The van der Waals surface area contributed by atoms with Crippen LogP contribution < -0.4 is 4.74 Å². The van der Waals surface area contributed by atoms with Gasteiger partial charge in [-0.1, -0.05) is 18.2 Å². The standard InChI is InChI=1S/C12H8N4O3/c17-16(18)10-7-8-3-1-2-4-9(8)15-11(10)19-12-13-5-6-14-12/h1-7H,(H,13,14). The highest BCUT2D eigenvalue weighted by Gasteiger charge is 2.19. The summed E-state index contributed by atoms with van der Waals surface area (Å²) in [4.78, 5) is 21.2. The van der Waals surface area contributed by atoms with Crippen molar-refractivity contribution in [1.82, 2.24) is 15.0 Å². The summed E-state index contributed by atoms with van der Waals surface area (Å²) >= 11 is 0. The number of nitrogens with zero attached hydrogens (tertiary/aromatic N) is 3. The molecule has 0 fully saturated rings. The van der Waals surface area contributed by atoms with Crippen molar-refractivity contribution in [3.8, 4) is 11.9 Å². The Kier molecular flexibility index (Phi) is 2.57. The molecule has 0 atom stereocenters. The molecule has 7 nitrogen and oxygen atoms in total. The van der Waals surface area contributed by atoms with Gasteiger partial charge in [0.15, 0.2) is 0 Å².